The fourth-order valence-electron chi connectivity index (χ4n) is 1.35. The van der Waals surface area contributed by atoms with Gasteiger partial charge in [-0.2, -0.15) is 0 Å². The highest BCUT2D eigenvalue weighted by Gasteiger charge is 2.03. The Morgan fingerprint density at radius 2 is 2.08 bits per heavy atom. The molecule has 0 amide bonds. The molecular weight excluding hydrogens is 312 g/mol. The second kappa shape index (κ2) is 3.71. The highest BCUT2D eigenvalue weighted by atomic mass is 79.9. The predicted molar refractivity (Wildman–Crippen MR) is 66.9 cm³/mol. The van der Waals surface area contributed by atoms with Crippen LogP contribution in [0, 0.1) is 6.92 Å². The van der Waals surface area contributed by atoms with E-state index in [-0.39, 0.29) is 0 Å². The van der Waals surface area contributed by atoms with E-state index in [9.17, 15) is 0 Å². The molecule has 1 heterocycles. The van der Waals surface area contributed by atoms with Crippen molar-refractivity contribution in [3.05, 3.63) is 33.1 Å². The van der Waals surface area contributed by atoms with Crippen LogP contribution in [0.4, 0.5) is 0 Å². The van der Waals surface area contributed by atoms with E-state index in [0.717, 1.165) is 5.33 Å². The SMILES string of the molecule is Cc1cc2cc(Br)sc2cc1CBr. The third kappa shape index (κ3) is 1.83. The normalized spacial score (nSPS) is 11.0. The lowest BCUT2D eigenvalue weighted by molar-refractivity contribution is 1.35. The van der Waals surface area contributed by atoms with Gasteiger partial charge in [0.15, 0.2) is 0 Å². The summed E-state index contributed by atoms with van der Waals surface area (Å²) < 4.78 is 2.56. The van der Waals surface area contributed by atoms with Gasteiger partial charge in [0.05, 0.1) is 3.79 Å². The molecule has 0 nitrogen and oxygen atoms in total. The van der Waals surface area contributed by atoms with Crippen molar-refractivity contribution in [2.24, 2.45) is 0 Å². The van der Waals surface area contributed by atoms with E-state index >= 15 is 0 Å². The Morgan fingerprint density at radius 3 is 2.77 bits per heavy atom. The van der Waals surface area contributed by atoms with E-state index in [4.69, 9.17) is 0 Å². The molecule has 2 rings (SSSR count). The molecule has 0 bridgehead atoms. The summed E-state index contributed by atoms with van der Waals surface area (Å²) in [5.41, 5.74) is 2.73. The van der Waals surface area contributed by atoms with Gasteiger partial charge in [0.25, 0.3) is 0 Å². The minimum Gasteiger partial charge on any atom is -0.128 e. The molecule has 3 heteroatoms. The molecule has 0 atom stereocenters. The summed E-state index contributed by atoms with van der Waals surface area (Å²) in [4.78, 5) is 0. The molecule has 13 heavy (non-hydrogen) atoms. The standard InChI is InChI=1S/C10H8Br2S/c1-6-2-7-4-10(12)13-9(7)3-8(6)5-11/h2-4H,5H2,1H3. The van der Waals surface area contributed by atoms with Gasteiger partial charge in [0.2, 0.25) is 0 Å². The summed E-state index contributed by atoms with van der Waals surface area (Å²) in [5, 5.41) is 2.27. The van der Waals surface area contributed by atoms with Crippen LogP contribution in [0.5, 0.6) is 0 Å². The maximum atomic E-state index is 3.50. The third-order valence-corrected chi connectivity index (χ3v) is 4.29. The number of hydrogen-bond acceptors (Lipinski definition) is 1. The number of thiophene rings is 1. The Labute approximate surface area is 98.2 Å². The van der Waals surface area contributed by atoms with Gasteiger partial charge in [-0.3, -0.25) is 0 Å². The van der Waals surface area contributed by atoms with Crippen LogP contribution in [0.2, 0.25) is 0 Å². The maximum absolute atomic E-state index is 3.50. The molecule has 0 saturated carbocycles. The van der Waals surface area contributed by atoms with Gasteiger partial charge in [-0.15, -0.1) is 11.3 Å². The minimum absolute atomic E-state index is 0.935. The third-order valence-electron chi connectivity index (χ3n) is 2.09. The molecule has 0 unspecified atom stereocenters. The number of alkyl halides is 1. The smallest absolute Gasteiger partial charge is 0.0711 e. The van der Waals surface area contributed by atoms with Crippen LogP contribution in [-0.2, 0) is 5.33 Å². The quantitative estimate of drug-likeness (QED) is 0.658. The van der Waals surface area contributed by atoms with Gasteiger partial charge < -0.3 is 0 Å². The summed E-state index contributed by atoms with van der Waals surface area (Å²) in [6, 6.07) is 6.67. The van der Waals surface area contributed by atoms with E-state index in [1.165, 1.54) is 25.0 Å². The van der Waals surface area contributed by atoms with Crippen LogP contribution < -0.4 is 0 Å². The first-order valence-corrected chi connectivity index (χ1v) is 6.68. The van der Waals surface area contributed by atoms with E-state index in [0.29, 0.717) is 0 Å². The summed E-state index contributed by atoms with van der Waals surface area (Å²) >= 11 is 8.78. The number of aryl methyl sites for hydroxylation is 1. The highest BCUT2D eigenvalue weighted by molar-refractivity contribution is 9.11. The Morgan fingerprint density at radius 1 is 1.31 bits per heavy atom. The Hall–Kier alpha value is 0.140. The fraction of sp³-hybridized carbons (Fsp3) is 0.200. The topological polar surface area (TPSA) is 0 Å². The van der Waals surface area contributed by atoms with Crippen molar-refractivity contribution in [1.29, 1.82) is 0 Å². The molecule has 0 N–H and O–H groups in total. The zero-order valence-corrected chi connectivity index (χ0v) is 11.1. The van der Waals surface area contributed by atoms with Crippen molar-refractivity contribution in [1.82, 2.24) is 0 Å². The second-order valence-corrected chi connectivity index (χ2v) is 6.02. The number of halogens is 2. The van der Waals surface area contributed by atoms with Crippen LogP contribution in [0.15, 0.2) is 22.0 Å². The average Bonchev–Trinajstić information content (AvgIpc) is 2.42. The van der Waals surface area contributed by atoms with Crippen molar-refractivity contribution in [3.8, 4) is 0 Å². The number of rotatable bonds is 1. The van der Waals surface area contributed by atoms with Crippen molar-refractivity contribution >= 4 is 53.3 Å². The molecule has 1 aromatic heterocycles. The van der Waals surface area contributed by atoms with Crippen molar-refractivity contribution in [2.45, 2.75) is 12.3 Å². The Balaban J connectivity index is 2.72. The number of hydrogen-bond donors (Lipinski definition) is 0. The first-order chi connectivity index (χ1) is 6.20. The summed E-state index contributed by atoms with van der Waals surface area (Å²) in [5.74, 6) is 0. The molecule has 0 radical (unpaired) electrons. The van der Waals surface area contributed by atoms with Crippen molar-refractivity contribution in [3.63, 3.8) is 0 Å². The van der Waals surface area contributed by atoms with Gasteiger partial charge in [0, 0.05) is 10.0 Å². The lowest BCUT2D eigenvalue weighted by Gasteiger charge is -2.00. The van der Waals surface area contributed by atoms with Gasteiger partial charge >= 0.3 is 0 Å². The van der Waals surface area contributed by atoms with Gasteiger partial charge in [-0.05, 0) is 51.5 Å². The summed E-state index contributed by atoms with van der Waals surface area (Å²) in [6.07, 6.45) is 0. The maximum Gasteiger partial charge on any atom is 0.0711 e. The molecule has 0 aliphatic rings. The lowest BCUT2D eigenvalue weighted by atomic mass is 10.1. The number of benzene rings is 1. The monoisotopic (exact) mass is 318 g/mol. The van der Waals surface area contributed by atoms with Crippen LogP contribution in [-0.4, -0.2) is 0 Å². The molecule has 1 aromatic carbocycles. The van der Waals surface area contributed by atoms with Crippen LogP contribution in [0.25, 0.3) is 10.1 Å². The fourth-order valence-corrected chi connectivity index (χ4v) is 3.56. The van der Waals surface area contributed by atoms with Crippen molar-refractivity contribution in [2.75, 3.05) is 0 Å². The molecule has 68 valence electrons. The van der Waals surface area contributed by atoms with E-state index in [2.05, 4.69) is 57.0 Å². The number of fused-ring (bicyclic) bond motifs is 1. The molecule has 0 spiro atoms. The van der Waals surface area contributed by atoms with Gasteiger partial charge in [0.1, 0.15) is 0 Å². The van der Waals surface area contributed by atoms with Gasteiger partial charge in [-0.1, -0.05) is 22.0 Å². The second-order valence-electron chi connectivity index (χ2n) is 3.00. The van der Waals surface area contributed by atoms with Crippen molar-refractivity contribution < 1.29 is 0 Å². The molecular formula is C10H8Br2S. The largest absolute Gasteiger partial charge is 0.128 e. The summed E-state index contributed by atoms with van der Waals surface area (Å²) in [7, 11) is 0. The first kappa shape index (κ1) is 9.69. The molecule has 2 aromatic rings. The van der Waals surface area contributed by atoms with E-state index < -0.39 is 0 Å². The first-order valence-electron chi connectivity index (χ1n) is 3.95. The molecule has 0 fully saturated rings. The summed E-state index contributed by atoms with van der Waals surface area (Å²) in [6.45, 7) is 2.15. The molecule has 0 aliphatic heterocycles. The highest BCUT2D eigenvalue weighted by Crippen LogP contribution is 2.32. The van der Waals surface area contributed by atoms with Gasteiger partial charge in [-0.25, -0.2) is 0 Å². The van der Waals surface area contributed by atoms with Crippen LogP contribution >= 0.6 is 43.2 Å². The van der Waals surface area contributed by atoms with E-state index in [1.54, 1.807) is 11.3 Å². The average molecular weight is 320 g/mol. The molecule has 0 aliphatic carbocycles. The Bertz CT molecular complexity index is 445. The van der Waals surface area contributed by atoms with Crippen LogP contribution in [0.1, 0.15) is 11.1 Å². The van der Waals surface area contributed by atoms with E-state index in [1.807, 2.05) is 0 Å². The zero-order valence-electron chi connectivity index (χ0n) is 7.10. The Kier molecular flexibility index (Phi) is 2.77. The lowest BCUT2D eigenvalue weighted by Crippen LogP contribution is -1.82. The zero-order chi connectivity index (χ0) is 9.42. The van der Waals surface area contributed by atoms with Crippen LogP contribution in [0.3, 0.4) is 0 Å². The minimum atomic E-state index is 0.935. The predicted octanol–water partition coefficient (Wildman–Crippen LogP) is 4.87. The molecule has 0 saturated heterocycles.